The van der Waals surface area contributed by atoms with E-state index >= 15 is 0 Å². The standard InChI is InChI=1S/C48H42O10/c1-25(2)37-21-31(15-19-41(37)55-43(49)33-13-17-35-39(23-33)47(53)57-45(35)51)29-9-5-27(6-10-29)28-7-11-30(12-8-28)32-16-20-42(38(22-32)26(3)4)56-44(50)34-14-18-36-40(24-34)48(54)58-46(36)52/h9,11,13-28H,5-8,10,12H2,1-4H3. The van der Waals surface area contributed by atoms with Crippen molar-refractivity contribution in [3.8, 4) is 11.5 Å². The SMILES string of the molecule is CC(C)c1cc(C2=CCC(C3CC=C(c4ccc(OC(=O)c5ccc6c(c5)C(=O)OC6=O)c(C(C)C)c4)CC3)CC2)ccc1OC(=O)c1ccc2c(c1)C(=O)OC2=O. The van der Waals surface area contributed by atoms with Crippen LogP contribution in [0.1, 0.15) is 162 Å². The van der Waals surface area contributed by atoms with Crippen molar-refractivity contribution in [2.75, 3.05) is 0 Å². The molecule has 4 aromatic carbocycles. The van der Waals surface area contributed by atoms with E-state index in [1.807, 2.05) is 24.3 Å². The summed E-state index contributed by atoms with van der Waals surface area (Å²) < 4.78 is 20.9. The molecule has 0 amide bonds. The Bertz CT molecular complexity index is 2330. The Morgan fingerprint density at radius 3 is 1.29 bits per heavy atom. The van der Waals surface area contributed by atoms with Crippen molar-refractivity contribution in [3.05, 3.63) is 141 Å². The van der Waals surface area contributed by atoms with Crippen LogP contribution in [0.2, 0.25) is 0 Å². The summed E-state index contributed by atoms with van der Waals surface area (Å²) in [4.78, 5) is 73.9. The number of allylic oxidation sites excluding steroid dienone is 4. The van der Waals surface area contributed by atoms with Gasteiger partial charge in [0, 0.05) is 0 Å². The molecule has 0 spiro atoms. The van der Waals surface area contributed by atoms with Crippen LogP contribution in [-0.2, 0) is 9.47 Å². The number of fused-ring (bicyclic) bond motifs is 2. The Balaban J connectivity index is 0.901. The summed E-state index contributed by atoms with van der Waals surface area (Å²) in [5.41, 5.74) is 7.37. The second-order valence-corrected chi connectivity index (χ2v) is 16.0. The lowest BCUT2D eigenvalue weighted by Gasteiger charge is -2.32. The molecule has 2 unspecified atom stereocenters. The predicted octanol–water partition coefficient (Wildman–Crippen LogP) is 10.1. The van der Waals surface area contributed by atoms with Gasteiger partial charge in [-0.2, -0.15) is 0 Å². The lowest BCUT2D eigenvalue weighted by atomic mass is 9.73. The maximum Gasteiger partial charge on any atom is 0.346 e. The molecule has 0 fully saturated rings. The maximum absolute atomic E-state index is 13.1. The normalized spacial score (nSPS) is 18.7. The zero-order chi connectivity index (χ0) is 40.8. The highest BCUT2D eigenvalue weighted by molar-refractivity contribution is 6.16. The van der Waals surface area contributed by atoms with Gasteiger partial charge in [0.15, 0.2) is 0 Å². The number of hydrogen-bond acceptors (Lipinski definition) is 10. The van der Waals surface area contributed by atoms with E-state index in [4.69, 9.17) is 9.47 Å². The Kier molecular flexibility index (Phi) is 10.3. The Labute approximate surface area is 335 Å². The Morgan fingerprint density at radius 2 is 0.931 bits per heavy atom. The van der Waals surface area contributed by atoms with Gasteiger partial charge in [0.25, 0.3) is 0 Å². The van der Waals surface area contributed by atoms with Crippen molar-refractivity contribution in [2.24, 2.45) is 11.8 Å². The summed E-state index contributed by atoms with van der Waals surface area (Å²) in [7, 11) is 0. The van der Waals surface area contributed by atoms with Crippen LogP contribution in [0.15, 0.2) is 84.9 Å². The molecular weight excluding hydrogens is 737 g/mol. The minimum Gasteiger partial charge on any atom is -0.423 e. The first-order chi connectivity index (χ1) is 27.8. The second kappa shape index (κ2) is 15.5. The highest BCUT2D eigenvalue weighted by atomic mass is 16.6. The fraction of sp³-hybridized carbons (Fsp3) is 0.292. The van der Waals surface area contributed by atoms with E-state index in [9.17, 15) is 28.8 Å². The van der Waals surface area contributed by atoms with Gasteiger partial charge in [-0.05, 0) is 156 Å². The van der Waals surface area contributed by atoms with Gasteiger partial charge in [-0.15, -0.1) is 0 Å². The van der Waals surface area contributed by atoms with Crippen LogP contribution in [0.3, 0.4) is 0 Å². The van der Waals surface area contributed by atoms with Gasteiger partial charge in [0.1, 0.15) is 11.5 Å². The van der Waals surface area contributed by atoms with Crippen molar-refractivity contribution in [3.63, 3.8) is 0 Å². The molecule has 4 aromatic rings. The number of hydrogen-bond donors (Lipinski definition) is 0. The first kappa shape index (κ1) is 38.5. The largest absolute Gasteiger partial charge is 0.423 e. The van der Waals surface area contributed by atoms with Gasteiger partial charge in [0.05, 0.1) is 33.4 Å². The lowest BCUT2D eigenvalue weighted by molar-refractivity contribution is 0.0425. The second-order valence-electron chi connectivity index (χ2n) is 16.0. The first-order valence-corrected chi connectivity index (χ1v) is 19.8. The van der Waals surface area contributed by atoms with E-state index in [0.717, 1.165) is 60.8 Å². The van der Waals surface area contributed by atoms with Crippen LogP contribution in [0.25, 0.3) is 11.1 Å². The van der Waals surface area contributed by atoms with Crippen molar-refractivity contribution in [1.82, 2.24) is 0 Å². The van der Waals surface area contributed by atoms with E-state index < -0.39 is 35.8 Å². The van der Waals surface area contributed by atoms with Crippen molar-refractivity contribution >= 4 is 47.0 Å². The fourth-order valence-electron chi connectivity index (χ4n) is 8.42. The molecule has 2 aliphatic heterocycles. The molecule has 0 bridgehead atoms. The van der Waals surface area contributed by atoms with Gasteiger partial charge in [-0.3, -0.25) is 0 Å². The quantitative estimate of drug-likeness (QED) is 0.0916. The van der Waals surface area contributed by atoms with Crippen LogP contribution < -0.4 is 9.47 Å². The highest BCUT2D eigenvalue weighted by Crippen LogP contribution is 2.43. The first-order valence-electron chi connectivity index (χ1n) is 19.8. The predicted molar refractivity (Wildman–Crippen MR) is 214 cm³/mol. The summed E-state index contributed by atoms with van der Waals surface area (Å²) in [6, 6.07) is 20.3. The molecule has 0 radical (unpaired) electrons. The summed E-state index contributed by atoms with van der Waals surface area (Å²) >= 11 is 0. The topological polar surface area (TPSA) is 139 Å². The Morgan fingerprint density at radius 1 is 0.534 bits per heavy atom. The van der Waals surface area contributed by atoms with Gasteiger partial charge < -0.3 is 18.9 Å². The van der Waals surface area contributed by atoms with Gasteiger partial charge in [-0.1, -0.05) is 52.0 Å². The van der Waals surface area contributed by atoms with Crippen LogP contribution in [0.4, 0.5) is 0 Å². The third-order valence-electron chi connectivity index (χ3n) is 11.7. The number of esters is 6. The number of rotatable bonds is 9. The highest BCUT2D eigenvalue weighted by Gasteiger charge is 2.33. The Hall–Kier alpha value is -6.42. The molecule has 2 heterocycles. The van der Waals surface area contributed by atoms with Gasteiger partial charge in [-0.25, -0.2) is 28.8 Å². The van der Waals surface area contributed by atoms with Crippen molar-refractivity contribution in [1.29, 1.82) is 0 Å². The minimum atomic E-state index is -0.771. The number of cyclic esters (lactones) is 4. The fourth-order valence-corrected chi connectivity index (χ4v) is 8.42. The van der Waals surface area contributed by atoms with E-state index in [1.54, 1.807) is 0 Å². The summed E-state index contributed by atoms with van der Waals surface area (Å²) in [6.07, 6.45) is 10.8. The average Bonchev–Trinajstić information content (AvgIpc) is 3.68. The third-order valence-corrected chi connectivity index (χ3v) is 11.7. The molecule has 10 nitrogen and oxygen atoms in total. The molecular formula is C48H42O10. The molecule has 2 aliphatic carbocycles. The van der Waals surface area contributed by atoms with E-state index in [1.165, 1.54) is 47.5 Å². The van der Waals surface area contributed by atoms with Crippen LogP contribution >= 0.6 is 0 Å². The average molecular weight is 779 g/mol. The van der Waals surface area contributed by atoms with E-state index in [0.29, 0.717) is 23.3 Å². The van der Waals surface area contributed by atoms with E-state index in [2.05, 4.69) is 61.5 Å². The van der Waals surface area contributed by atoms with Crippen LogP contribution in [-0.4, -0.2) is 35.8 Å². The minimum absolute atomic E-state index is 0.0610. The summed E-state index contributed by atoms with van der Waals surface area (Å²) in [5, 5.41) is 0. The molecule has 10 heteroatoms. The summed E-state index contributed by atoms with van der Waals surface area (Å²) in [5.74, 6) is -1.95. The number of carbonyl (C=O) groups excluding carboxylic acids is 6. The zero-order valence-corrected chi connectivity index (χ0v) is 32.7. The molecule has 4 aliphatic rings. The van der Waals surface area contributed by atoms with E-state index in [-0.39, 0.29) is 45.2 Å². The number of ether oxygens (including phenoxy) is 4. The number of carbonyl (C=O) groups is 6. The van der Waals surface area contributed by atoms with Gasteiger partial charge >= 0.3 is 35.8 Å². The maximum atomic E-state index is 13.1. The molecule has 0 saturated heterocycles. The molecule has 0 saturated carbocycles. The molecule has 0 aromatic heterocycles. The third kappa shape index (κ3) is 7.42. The zero-order valence-electron chi connectivity index (χ0n) is 32.7. The van der Waals surface area contributed by atoms with Crippen molar-refractivity contribution < 1.29 is 47.7 Å². The molecule has 294 valence electrons. The number of benzene rings is 4. The van der Waals surface area contributed by atoms with Crippen LogP contribution in [0, 0.1) is 11.8 Å². The monoisotopic (exact) mass is 778 g/mol. The van der Waals surface area contributed by atoms with Crippen molar-refractivity contribution in [2.45, 2.75) is 78.1 Å². The molecule has 58 heavy (non-hydrogen) atoms. The molecule has 2 atom stereocenters. The lowest BCUT2D eigenvalue weighted by Crippen LogP contribution is -2.19. The summed E-state index contributed by atoms with van der Waals surface area (Å²) in [6.45, 7) is 8.22. The van der Waals surface area contributed by atoms with Crippen LogP contribution in [0.5, 0.6) is 11.5 Å². The molecule has 0 N–H and O–H groups in total. The smallest absolute Gasteiger partial charge is 0.346 e. The van der Waals surface area contributed by atoms with Gasteiger partial charge in [0.2, 0.25) is 0 Å². The molecule has 8 rings (SSSR count).